The van der Waals surface area contributed by atoms with Gasteiger partial charge in [-0.2, -0.15) is 0 Å². The summed E-state index contributed by atoms with van der Waals surface area (Å²) in [5.41, 5.74) is 0.186. The second-order valence-electron chi connectivity index (χ2n) is 5.48. The summed E-state index contributed by atoms with van der Waals surface area (Å²) in [7, 11) is 0. The molecule has 1 aliphatic carbocycles. The van der Waals surface area contributed by atoms with E-state index in [1.165, 1.54) is 12.1 Å². The zero-order valence-corrected chi connectivity index (χ0v) is 11.7. The highest BCUT2D eigenvalue weighted by molar-refractivity contribution is 5.85. The number of carbonyl (C=O) groups excluding carboxylic acids is 1. The molecule has 1 aliphatic heterocycles. The molecular weight excluding hydrogens is 286 g/mol. The maximum Gasteiger partial charge on any atom is 0.225 e. The van der Waals surface area contributed by atoms with Gasteiger partial charge in [-0.15, -0.1) is 12.4 Å². The van der Waals surface area contributed by atoms with Gasteiger partial charge in [0.15, 0.2) is 0 Å². The minimum atomic E-state index is -0.568. The number of carbonyl (C=O) groups is 1. The minimum Gasteiger partial charge on any atom is -0.355 e. The molecule has 1 amide bonds. The summed E-state index contributed by atoms with van der Waals surface area (Å²) >= 11 is 0. The third kappa shape index (κ3) is 2.79. The Bertz CT molecular complexity index is 516. The van der Waals surface area contributed by atoms with Crippen LogP contribution in [0.25, 0.3) is 0 Å². The Balaban J connectivity index is 0.00000147. The molecule has 1 saturated carbocycles. The quantitative estimate of drug-likeness (QED) is 0.890. The molecule has 20 heavy (non-hydrogen) atoms. The Morgan fingerprint density at radius 3 is 2.55 bits per heavy atom. The Hall–Kier alpha value is -1.20. The molecule has 1 aromatic carbocycles. The fourth-order valence-electron chi connectivity index (χ4n) is 2.49. The van der Waals surface area contributed by atoms with Gasteiger partial charge in [-0.05, 0) is 24.5 Å². The van der Waals surface area contributed by atoms with E-state index in [9.17, 15) is 13.6 Å². The smallest absolute Gasteiger partial charge is 0.225 e. The largest absolute Gasteiger partial charge is 0.355 e. The SMILES string of the molecule is Cl.O=C(NCC1(c2ccc(F)cc2F)CC1)C1CNC1. The van der Waals surface area contributed by atoms with Crippen LogP contribution >= 0.6 is 12.4 Å². The topological polar surface area (TPSA) is 41.1 Å². The molecule has 0 aromatic heterocycles. The Labute approximate surface area is 122 Å². The third-order valence-corrected chi connectivity index (χ3v) is 4.11. The highest BCUT2D eigenvalue weighted by atomic mass is 35.5. The predicted octanol–water partition coefficient (Wildman–Crippen LogP) is 1.75. The van der Waals surface area contributed by atoms with Gasteiger partial charge in [0, 0.05) is 31.1 Å². The van der Waals surface area contributed by atoms with Gasteiger partial charge in [0.05, 0.1) is 5.92 Å². The van der Waals surface area contributed by atoms with Crippen LogP contribution in [0.3, 0.4) is 0 Å². The summed E-state index contributed by atoms with van der Waals surface area (Å²) in [6.07, 6.45) is 1.66. The van der Waals surface area contributed by atoms with E-state index in [0.29, 0.717) is 25.2 Å². The van der Waals surface area contributed by atoms with E-state index in [1.807, 2.05) is 0 Å². The molecule has 6 heteroatoms. The van der Waals surface area contributed by atoms with E-state index in [2.05, 4.69) is 10.6 Å². The normalized spacial score (nSPS) is 19.7. The number of hydrogen-bond donors (Lipinski definition) is 2. The van der Waals surface area contributed by atoms with Crippen molar-refractivity contribution in [2.24, 2.45) is 5.92 Å². The van der Waals surface area contributed by atoms with Gasteiger partial charge in [-0.25, -0.2) is 8.78 Å². The molecule has 1 heterocycles. The third-order valence-electron chi connectivity index (χ3n) is 4.11. The standard InChI is InChI=1S/C14H16F2N2O.ClH/c15-10-1-2-11(12(16)5-10)14(3-4-14)8-18-13(19)9-6-17-7-9;/h1-2,5,9,17H,3-4,6-8H2,(H,18,19);1H. The zero-order valence-electron chi connectivity index (χ0n) is 10.9. The molecular formula is C14H17ClF2N2O. The highest BCUT2D eigenvalue weighted by Crippen LogP contribution is 2.48. The van der Waals surface area contributed by atoms with Crippen molar-refractivity contribution in [2.75, 3.05) is 19.6 Å². The van der Waals surface area contributed by atoms with Crippen molar-refractivity contribution in [1.29, 1.82) is 0 Å². The lowest BCUT2D eigenvalue weighted by atomic mass is 9.94. The highest BCUT2D eigenvalue weighted by Gasteiger charge is 2.46. The van der Waals surface area contributed by atoms with E-state index in [1.54, 1.807) is 0 Å². The van der Waals surface area contributed by atoms with Crippen molar-refractivity contribution < 1.29 is 13.6 Å². The molecule has 2 fully saturated rings. The second-order valence-corrected chi connectivity index (χ2v) is 5.48. The summed E-state index contributed by atoms with van der Waals surface area (Å²) < 4.78 is 26.7. The van der Waals surface area contributed by atoms with Gasteiger partial charge in [-0.1, -0.05) is 6.07 Å². The molecule has 1 saturated heterocycles. The monoisotopic (exact) mass is 302 g/mol. The van der Waals surface area contributed by atoms with Crippen LogP contribution in [0.1, 0.15) is 18.4 Å². The fourth-order valence-corrected chi connectivity index (χ4v) is 2.49. The summed E-state index contributed by atoms with van der Waals surface area (Å²) in [5, 5.41) is 5.93. The van der Waals surface area contributed by atoms with Crippen LogP contribution < -0.4 is 10.6 Å². The van der Waals surface area contributed by atoms with Crippen molar-refractivity contribution >= 4 is 18.3 Å². The number of benzene rings is 1. The van der Waals surface area contributed by atoms with E-state index < -0.39 is 11.6 Å². The number of halogens is 3. The average Bonchev–Trinajstić information content (AvgIpc) is 3.05. The molecule has 2 aliphatic rings. The first kappa shape index (κ1) is 15.2. The van der Waals surface area contributed by atoms with Gasteiger partial charge in [0.25, 0.3) is 0 Å². The number of nitrogens with one attached hydrogen (secondary N) is 2. The maximum atomic E-state index is 13.8. The second kappa shape index (κ2) is 5.66. The molecule has 1 aromatic rings. The number of amides is 1. The van der Waals surface area contributed by atoms with Crippen molar-refractivity contribution in [3.8, 4) is 0 Å². The van der Waals surface area contributed by atoms with Crippen LogP contribution in [-0.2, 0) is 10.2 Å². The van der Waals surface area contributed by atoms with Crippen molar-refractivity contribution in [2.45, 2.75) is 18.3 Å². The lowest BCUT2D eigenvalue weighted by Crippen LogP contribution is -2.51. The van der Waals surface area contributed by atoms with Gasteiger partial charge >= 0.3 is 0 Å². The molecule has 3 rings (SSSR count). The molecule has 0 unspecified atom stereocenters. The van der Waals surface area contributed by atoms with Gasteiger partial charge in [0.2, 0.25) is 5.91 Å². The van der Waals surface area contributed by atoms with Gasteiger partial charge in [-0.3, -0.25) is 4.79 Å². The molecule has 0 atom stereocenters. The summed E-state index contributed by atoms with van der Waals surface area (Å²) in [6.45, 7) is 1.86. The van der Waals surface area contributed by atoms with Crippen LogP contribution in [0.5, 0.6) is 0 Å². The molecule has 0 spiro atoms. The summed E-state index contributed by atoms with van der Waals surface area (Å²) in [5.74, 6) is -1.03. The van der Waals surface area contributed by atoms with Crippen molar-refractivity contribution in [1.82, 2.24) is 10.6 Å². The molecule has 0 bridgehead atoms. The van der Waals surface area contributed by atoms with E-state index in [0.717, 1.165) is 18.9 Å². The van der Waals surface area contributed by atoms with Crippen LogP contribution in [-0.4, -0.2) is 25.5 Å². The molecule has 3 nitrogen and oxygen atoms in total. The first-order valence-electron chi connectivity index (χ1n) is 6.55. The van der Waals surface area contributed by atoms with Crippen molar-refractivity contribution in [3.63, 3.8) is 0 Å². The van der Waals surface area contributed by atoms with Crippen LogP contribution in [0.2, 0.25) is 0 Å². The summed E-state index contributed by atoms with van der Waals surface area (Å²) in [4.78, 5) is 11.8. The van der Waals surface area contributed by atoms with Gasteiger partial charge < -0.3 is 10.6 Å². The van der Waals surface area contributed by atoms with Crippen LogP contribution in [0.4, 0.5) is 8.78 Å². The van der Waals surface area contributed by atoms with Gasteiger partial charge in [0.1, 0.15) is 11.6 Å². The lowest BCUT2D eigenvalue weighted by molar-refractivity contribution is -0.126. The molecule has 2 N–H and O–H groups in total. The Morgan fingerprint density at radius 2 is 2.05 bits per heavy atom. The number of rotatable bonds is 4. The Kier molecular flexibility index (Phi) is 4.30. The maximum absolute atomic E-state index is 13.8. The first-order valence-corrected chi connectivity index (χ1v) is 6.55. The Morgan fingerprint density at radius 1 is 1.35 bits per heavy atom. The molecule has 0 radical (unpaired) electrons. The zero-order chi connectivity index (χ0) is 13.5. The lowest BCUT2D eigenvalue weighted by Gasteiger charge is -2.27. The average molecular weight is 303 g/mol. The number of hydrogen-bond acceptors (Lipinski definition) is 2. The van der Waals surface area contributed by atoms with E-state index >= 15 is 0 Å². The van der Waals surface area contributed by atoms with Crippen molar-refractivity contribution in [3.05, 3.63) is 35.4 Å². The van der Waals surface area contributed by atoms with E-state index in [-0.39, 0.29) is 29.6 Å². The molecule has 110 valence electrons. The van der Waals surface area contributed by atoms with E-state index in [4.69, 9.17) is 0 Å². The minimum absolute atomic E-state index is 0. The first-order chi connectivity index (χ1) is 9.11. The fraction of sp³-hybridized carbons (Fsp3) is 0.500. The van der Waals surface area contributed by atoms with Crippen LogP contribution in [0.15, 0.2) is 18.2 Å². The summed E-state index contributed by atoms with van der Waals surface area (Å²) in [6, 6.07) is 3.68. The van der Waals surface area contributed by atoms with Crippen LogP contribution in [0, 0.1) is 17.6 Å². The predicted molar refractivity (Wildman–Crippen MR) is 73.9 cm³/mol.